The molecule has 0 radical (unpaired) electrons. The second-order valence-electron chi connectivity index (χ2n) is 4.67. The molecule has 0 aliphatic heterocycles. The van der Waals surface area contributed by atoms with Gasteiger partial charge in [0, 0.05) is 16.9 Å². The van der Waals surface area contributed by atoms with Crippen LogP contribution in [-0.2, 0) is 0 Å². The summed E-state index contributed by atoms with van der Waals surface area (Å²) in [6, 6.07) is 12.4. The van der Waals surface area contributed by atoms with Gasteiger partial charge in [-0.2, -0.15) is 5.26 Å². The Kier molecular flexibility index (Phi) is 3.72. The Balaban J connectivity index is 2.28. The van der Waals surface area contributed by atoms with Crippen molar-refractivity contribution in [3.8, 4) is 6.07 Å². The lowest BCUT2D eigenvalue weighted by Gasteiger charge is -2.10. The van der Waals surface area contributed by atoms with Gasteiger partial charge in [0.1, 0.15) is 0 Å². The number of benzene rings is 2. The number of nitriles is 1. The van der Waals surface area contributed by atoms with E-state index >= 15 is 0 Å². The van der Waals surface area contributed by atoms with Crippen molar-refractivity contribution >= 4 is 17.3 Å². The minimum Gasteiger partial charge on any atom is -0.399 e. The monoisotopic (exact) mass is 265 g/mol. The summed E-state index contributed by atoms with van der Waals surface area (Å²) in [5.74, 6) is -0.216. The molecule has 2 rings (SSSR count). The maximum atomic E-state index is 12.2. The van der Waals surface area contributed by atoms with Gasteiger partial charge in [-0.3, -0.25) is 4.79 Å². The predicted molar refractivity (Wildman–Crippen MR) is 79.4 cm³/mol. The van der Waals surface area contributed by atoms with Gasteiger partial charge in [-0.05, 0) is 55.3 Å². The van der Waals surface area contributed by atoms with Crippen LogP contribution in [-0.4, -0.2) is 5.91 Å². The molecule has 0 aliphatic rings. The summed E-state index contributed by atoms with van der Waals surface area (Å²) in [5.41, 5.74) is 9.86. The zero-order valence-electron chi connectivity index (χ0n) is 11.4. The number of aryl methyl sites for hydroxylation is 2. The van der Waals surface area contributed by atoms with Crippen molar-refractivity contribution in [1.82, 2.24) is 0 Å². The van der Waals surface area contributed by atoms with E-state index in [1.165, 1.54) is 0 Å². The quantitative estimate of drug-likeness (QED) is 0.819. The van der Waals surface area contributed by atoms with Crippen LogP contribution in [0.1, 0.15) is 27.0 Å². The Morgan fingerprint density at radius 3 is 2.55 bits per heavy atom. The van der Waals surface area contributed by atoms with Crippen molar-refractivity contribution in [3.63, 3.8) is 0 Å². The van der Waals surface area contributed by atoms with Crippen molar-refractivity contribution in [2.75, 3.05) is 11.1 Å². The van der Waals surface area contributed by atoms with Crippen molar-refractivity contribution in [2.45, 2.75) is 13.8 Å². The lowest BCUT2D eigenvalue weighted by atomic mass is 10.1. The third-order valence-corrected chi connectivity index (χ3v) is 3.15. The molecule has 0 atom stereocenters. The minimum absolute atomic E-state index is 0.216. The van der Waals surface area contributed by atoms with Gasteiger partial charge in [0.05, 0.1) is 11.6 Å². The molecule has 0 bridgehead atoms. The van der Waals surface area contributed by atoms with Crippen LogP contribution in [0.25, 0.3) is 0 Å². The van der Waals surface area contributed by atoms with Crippen molar-refractivity contribution in [2.24, 2.45) is 0 Å². The molecule has 0 aliphatic carbocycles. The summed E-state index contributed by atoms with van der Waals surface area (Å²) in [7, 11) is 0. The van der Waals surface area contributed by atoms with Crippen LogP contribution >= 0.6 is 0 Å². The molecule has 2 aromatic rings. The van der Waals surface area contributed by atoms with Crippen LogP contribution in [0.2, 0.25) is 0 Å². The summed E-state index contributed by atoms with van der Waals surface area (Å²) in [6.07, 6.45) is 0. The highest BCUT2D eigenvalue weighted by molar-refractivity contribution is 6.05. The summed E-state index contributed by atoms with van der Waals surface area (Å²) >= 11 is 0. The Morgan fingerprint density at radius 1 is 1.15 bits per heavy atom. The number of rotatable bonds is 2. The number of hydrogen-bond acceptors (Lipinski definition) is 3. The molecule has 0 fully saturated rings. The van der Waals surface area contributed by atoms with E-state index in [2.05, 4.69) is 11.4 Å². The van der Waals surface area contributed by atoms with E-state index in [9.17, 15) is 4.79 Å². The van der Waals surface area contributed by atoms with E-state index < -0.39 is 0 Å². The highest BCUT2D eigenvalue weighted by Gasteiger charge is 2.09. The van der Waals surface area contributed by atoms with Crippen molar-refractivity contribution in [3.05, 3.63) is 58.7 Å². The zero-order chi connectivity index (χ0) is 14.7. The molecule has 4 heteroatoms. The van der Waals surface area contributed by atoms with Crippen LogP contribution < -0.4 is 11.1 Å². The van der Waals surface area contributed by atoms with Gasteiger partial charge in [-0.25, -0.2) is 0 Å². The molecule has 2 aromatic carbocycles. The van der Waals surface area contributed by atoms with Crippen LogP contribution in [0, 0.1) is 25.2 Å². The molecular weight excluding hydrogens is 250 g/mol. The highest BCUT2D eigenvalue weighted by Crippen LogP contribution is 2.19. The highest BCUT2D eigenvalue weighted by atomic mass is 16.1. The average molecular weight is 265 g/mol. The van der Waals surface area contributed by atoms with E-state index in [1.807, 2.05) is 19.9 Å². The molecule has 4 nitrogen and oxygen atoms in total. The lowest BCUT2D eigenvalue weighted by Crippen LogP contribution is -2.13. The van der Waals surface area contributed by atoms with E-state index in [-0.39, 0.29) is 5.91 Å². The van der Waals surface area contributed by atoms with Crippen LogP contribution in [0.15, 0.2) is 36.4 Å². The summed E-state index contributed by atoms with van der Waals surface area (Å²) < 4.78 is 0. The number of carbonyl (C=O) groups excluding carboxylic acids is 1. The maximum Gasteiger partial charge on any atom is 0.255 e. The number of nitrogens with two attached hydrogens (primary N) is 1. The first-order valence-corrected chi connectivity index (χ1v) is 6.19. The maximum absolute atomic E-state index is 12.2. The van der Waals surface area contributed by atoms with Crippen LogP contribution in [0.3, 0.4) is 0 Å². The molecular formula is C16H15N3O. The van der Waals surface area contributed by atoms with Gasteiger partial charge in [0.15, 0.2) is 0 Å². The first kappa shape index (κ1) is 13.6. The number of carbonyl (C=O) groups is 1. The number of anilines is 2. The second-order valence-corrected chi connectivity index (χ2v) is 4.67. The number of amides is 1. The van der Waals surface area contributed by atoms with Crippen molar-refractivity contribution in [1.29, 1.82) is 5.26 Å². The first-order valence-electron chi connectivity index (χ1n) is 6.19. The van der Waals surface area contributed by atoms with E-state index in [0.717, 1.165) is 11.1 Å². The smallest absolute Gasteiger partial charge is 0.255 e. The minimum atomic E-state index is -0.216. The fourth-order valence-electron chi connectivity index (χ4n) is 1.84. The Hall–Kier alpha value is -2.80. The van der Waals surface area contributed by atoms with Gasteiger partial charge in [0.2, 0.25) is 0 Å². The Labute approximate surface area is 117 Å². The molecule has 0 heterocycles. The largest absolute Gasteiger partial charge is 0.399 e. The molecule has 0 saturated carbocycles. The summed E-state index contributed by atoms with van der Waals surface area (Å²) in [6.45, 7) is 3.73. The standard InChI is InChI=1S/C16H15N3O/c1-10-3-4-12(9-17)8-15(10)19-16(20)13-5-6-14(18)11(2)7-13/h3-8H,18H2,1-2H3,(H,19,20). The molecule has 1 amide bonds. The summed E-state index contributed by atoms with van der Waals surface area (Å²) in [5, 5.41) is 11.7. The van der Waals surface area contributed by atoms with E-state index in [0.29, 0.717) is 22.5 Å². The van der Waals surface area contributed by atoms with Gasteiger partial charge in [-0.1, -0.05) is 6.07 Å². The molecule has 0 spiro atoms. The lowest BCUT2D eigenvalue weighted by molar-refractivity contribution is 0.102. The van der Waals surface area contributed by atoms with E-state index in [4.69, 9.17) is 11.0 Å². The predicted octanol–water partition coefficient (Wildman–Crippen LogP) is 3.01. The van der Waals surface area contributed by atoms with Crippen LogP contribution in [0.4, 0.5) is 11.4 Å². The third kappa shape index (κ3) is 2.78. The van der Waals surface area contributed by atoms with Crippen LogP contribution in [0.5, 0.6) is 0 Å². The molecule has 100 valence electrons. The fraction of sp³-hybridized carbons (Fsp3) is 0.125. The molecule has 0 saturated heterocycles. The normalized spacial score (nSPS) is 9.85. The van der Waals surface area contributed by atoms with Gasteiger partial charge < -0.3 is 11.1 Å². The van der Waals surface area contributed by atoms with Gasteiger partial charge in [-0.15, -0.1) is 0 Å². The fourth-order valence-corrected chi connectivity index (χ4v) is 1.84. The average Bonchev–Trinajstić information content (AvgIpc) is 2.44. The third-order valence-electron chi connectivity index (χ3n) is 3.15. The number of nitrogens with one attached hydrogen (secondary N) is 1. The Bertz CT molecular complexity index is 714. The number of nitrogens with zero attached hydrogens (tertiary/aromatic N) is 1. The van der Waals surface area contributed by atoms with Gasteiger partial charge in [0.25, 0.3) is 5.91 Å². The molecule has 20 heavy (non-hydrogen) atoms. The van der Waals surface area contributed by atoms with E-state index in [1.54, 1.807) is 30.3 Å². The molecule has 3 N–H and O–H groups in total. The topological polar surface area (TPSA) is 78.9 Å². The van der Waals surface area contributed by atoms with Gasteiger partial charge >= 0.3 is 0 Å². The number of hydrogen-bond donors (Lipinski definition) is 2. The zero-order valence-corrected chi connectivity index (χ0v) is 11.4. The Morgan fingerprint density at radius 2 is 1.90 bits per heavy atom. The number of nitrogen functional groups attached to an aromatic ring is 1. The van der Waals surface area contributed by atoms with Crippen molar-refractivity contribution < 1.29 is 4.79 Å². The molecule has 0 aromatic heterocycles. The second kappa shape index (κ2) is 5.45. The summed E-state index contributed by atoms with van der Waals surface area (Å²) in [4.78, 5) is 12.2. The molecule has 0 unspecified atom stereocenters. The first-order chi connectivity index (χ1) is 9.51. The SMILES string of the molecule is Cc1cc(C(=O)Nc2cc(C#N)ccc2C)ccc1N.